The Balaban J connectivity index is 1.55. The zero-order valence-corrected chi connectivity index (χ0v) is 16.7. The van der Waals surface area contributed by atoms with Gasteiger partial charge in [-0.1, -0.05) is 16.8 Å². The van der Waals surface area contributed by atoms with Crippen molar-refractivity contribution < 1.29 is 14.1 Å². The van der Waals surface area contributed by atoms with Crippen LogP contribution in [-0.2, 0) is 13.0 Å². The van der Waals surface area contributed by atoms with Gasteiger partial charge in [-0.15, -0.1) is 0 Å². The number of aryl methyl sites for hydroxylation is 2. The third-order valence-electron chi connectivity index (χ3n) is 4.09. The molecule has 146 valence electrons. The van der Waals surface area contributed by atoms with E-state index in [-0.39, 0.29) is 24.2 Å². The average Bonchev–Trinajstić information content (AvgIpc) is 3.14. The van der Waals surface area contributed by atoms with Gasteiger partial charge in [0, 0.05) is 42.1 Å². The molecule has 0 saturated heterocycles. The molecule has 0 aliphatic heterocycles. The second-order valence-corrected chi connectivity index (χ2v) is 6.99. The number of hydrogen-bond donors (Lipinski definition) is 1. The SMILES string of the molecule is Cc1cc(OCc2cc(C(=O)NC(C)Cc3cnccn3)no2)cc(C)c1Cl. The van der Waals surface area contributed by atoms with E-state index in [0.717, 1.165) is 21.8 Å². The number of nitrogens with zero attached hydrogens (tertiary/aromatic N) is 3. The fourth-order valence-electron chi connectivity index (χ4n) is 2.73. The van der Waals surface area contributed by atoms with Crippen molar-refractivity contribution in [1.82, 2.24) is 20.4 Å². The third kappa shape index (κ3) is 5.07. The molecule has 1 aromatic carbocycles. The molecule has 1 unspecified atom stereocenters. The molecule has 8 heteroatoms. The Bertz CT molecular complexity index is 936. The first-order valence-corrected chi connectivity index (χ1v) is 9.21. The Kier molecular flexibility index (Phi) is 6.26. The lowest BCUT2D eigenvalue weighted by molar-refractivity contribution is 0.0930. The fourth-order valence-corrected chi connectivity index (χ4v) is 2.84. The molecule has 7 nitrogen and oxygen atoms in total. The molecule has 1 N–H and O–H groups in total. The molecule has 0 saturated carbocycles. The summed E-state index contributed by atoms with van der Waals surface area (Å²) in [5.41, 5.74) is 2.88. The molecule has 2 heterocycles. The van der Waals surface area contributed by atoms with Crippen LogP contribution in [0.15, 0.2) is 41.3 Å². The number of hydrogen-bond acceptors (Lipinski definition) is 6. The number of halogens is 1. The highest BCUT2D eigenvalue weighted by molar-refractivity contribution is 6.32. The maximum absolute atomic E-state index is 12.3. The van der Waals surface area contributed by atoms with Gasteiger partial charge in [-0.25, -0.2) is 0 Å². The summed E-state index contributed by atoms with van der Waals surface area (Å²) < 4.78 is 10.9. The van der Waals surface area contributed by atoms with E-state index in [0.29, 0.717) is 17.9 Å². The van der Waals surface area contributed by atoms with Crippen LogP contribution in [0.1, 0.15) is 40.0 Å². The summed E-state index contributed by atoms with van der Waals surface area (Å²) in [6, 6.07) is 5.15. The molecular formula is C20H21ClN4O3. The number of amides is 1. The van der Waals surface area contributed by atoms with Crippen molar-refractivity contribution in [3.05, 3.63) is 70.1 Å². The van der Waals surface area contributed by atoms with Gasteiger partial charge in [-0.05, 0) is 44.0 Å². The van der Waals surface area contributed by atoms with Crippen LogP contribution >= 0.6 is 11.6 Å². The van der Waals surface area contributed by atoms with Crippen LogP contribution in [-0.4, -0.2) is 27.1 Å². The van der Waals surface area contributed by atoms with Crippen molar-refractivity contribution in [2.75, 3.05) is 0 Å². The second kappa shape index (κ2) is 8.84. The Morgan fingerprint density at radius 3 is 2.68 bits per heavy atom. The highest BCUT2D eigenvalue weighted by atomic mass is 35.5. The van der Waals surface area contributed by atoms with Gasteiger partial charge in [0.15, 0.2) is 11.5 Å². The number of carbonyl (C=O) groups excluding carboxylic acids is 1. The summed E-state index contributed by atoms with van der Waals surface area (Å²) in [5.74, 6) is 0.820. The zero-order valence-electron chi connectivity index (χ0n) is 15.9. The van der Waals surface area contributed by atoms with Gasteiger partial charge in [0.05, 0.1) is 5.69 Å². The van der Waals surface area contributed by atoms with Crippen molar-refractivity contribution in [3.63, 3.8) is 0 Å². The van der Waals surface area contributed by atoms with E-state index in [1.807, 2.05) is 32.9 Å². The Morgan fingerprint density at radius 2 is 2.00 bits per heavy atom. The smallest absolute Gasteiger partial charge is 0.273 e. The first kappa shape index (κ1) is 19.8. The van der Waals surface area contributed by atoms with E-state index < -0.39 is 0 Å². The van der Waals surface area contributed by atoms with Gasteiger partial charge < -0.3 is 14.6 Å². The molecule has 3 aromatic rings. The average molecular weight is 401 g/mol. The third-order valence-corrected chi connectivity index (χ3v) is 4.69. The number of carbonyl (C=O) groups is 1. The summed E-state index contributed by atoms with van der Waals surface area (Å²) >= 11 is 6.16. The summed E-state index contributed by atoms with van der Waals surface area (Å²) in [6.07, 6.45) is 5.48. The topological polar surface area (TPSA) is 90.1 Å². The molecule has 2 aromatic heterocycles. The number of rotatable bonds is 7. The minimum absolute atomic E-state index is 0.124. The monoisotopic (exact) mass is 400 g/mol. The van der Waals surface area contributed by atoms with Gasteiger partial charge in [0.1, 0.15) is 12.4 Å². The summed E-state index contributed by atoms with van der Waals surface area (Å²) in [7, 11) is 0. The summed E-state index contributed by atoms with van der Waals surface area (Å²) in [6.45, 7) is 5.89. The van der Waals surface area contributed by atoms with E-state index in [9.17, 15) is 4.79 Å². The van der Waals surface area contributed by atoms with E-state index in [4.69, 9.17) is 20.9 Å². The van der Waals surface area contributed by atoms with Gasteiger partial charge >= 0.3 is 0 Å². The minimum Gasteiger partial charge on any atom is -0.486 e. The second-order valence-electron chi connectivity index (χ2n) is 6.61. The molecule has 0 radical (unpaired) electrons. The van der Waals surface area contributed by atoms with Crippen LogP contribution in [0.2, 0.25) is 5.02 Å². The zero-order chi connectivity index (χ0) is 20.1. The summed E-state index contributed by atoms with van der Waals surface area (Å²) in [5, 5.41) is 7.41. The first-order valence-electron chi connectivity index (χ1n) is 8.83. The Hall–Kier alpha value is -2.93. The molecule has 0 aliphatic rings. The Labute approximate surface area is 168 Å². The van der Waals surface area contributed by atoms with Gasteiger partial charge in [0.2, 0.25) is 0 Å². The van der Waals surface area contributed by atoms with Crippen molar-refractivity contribution in [1.29, 1.82) is 0 Å². The van der Waals surface area contributed by atoms with Gasteiger partial charge in [-0.2, -0.15) is 0 Å². The van der Waals surface area contributed by atoms with E-state index in [1.165, 1.54) is 0 Å². The van der Waals surface area contributed by atoms with Gasteiger partial charge in [-0.3, -0.25) is 14.8 Å². The standard InChI is InChI=1S/C20H21ClN4O3/c1-12-6-16(7-13(2)19(12)21)27-11-17-9-18(25-28-17)20(26)24-14(3)8-15-10-22-4-5-23-15/h4-7,9-10,14H,8,11H2,1-3H3,(H,24,26). The van der Waals surface area contributed by atoms with E-state index in [1.54, 1.807) is 24.7 Å². The van der Waals surface area contributed by atoms with E-state index in [2.05, 4.69) is 20.4 Å². The molecule has 3 rings (SSSR count). The van der Waals surface area contributed by atoms with Gasteiger partial charge in [0.25, 0.3) is 5.91 Å². The van der Waals surface area contributed by atoms with E-state index >= 15 is 0 Å². The van der Waals surface area contributed by atoms with Crippen molar-refractivity contribution in [3.8, 4) is 5.75 Å². The van der Waals surface area contributed by atoms with Crippen LogP contribution in [0.4, 0.5) is 0 Å². The normalized spacial score (nSPS) is 11.9. The van der Waals surface area contributed by atoms with Crippen molar-refractivity contribution in [2.24, 2.45) is 0 Å². The lowest BCUT2D eigenvalue weighted by Crippen LogP contribution is -2.34. The van der Waals surface area contributed by atoms with Crippen LogP contribution in [0.5, 0.6) is 5.75 Å². The number of nitrogens with one attached hydrogen (secondary N) is 1. The minimum atomic E-state index is -0.315. The molecule has 0 aliphatic carbocycles. The molecule has 0 spiro atoms. The quantitative estimate of drug-likeness (QED) is 0.650. The highest BCUT2D eigenvalue weighted by Crippen LogP contribution is 2.26. The predicted octanol–water partition coefficient (Wildman–Crippen LogP) is 3.67. The maximum atomic E-state index is 12.3. The predicted molar refractivity (Wildman–Crippen MR) is 104 cm³/mol. The van der Waals surface area contributed by atoms with Crippen molar-refractivity contribution >= 4 is 17.5 Å². The molecular weight excluding hydrogens is 380 g/mol. The highest BCUT2D eigenvalue weighted by Gasteiger charge is 2.16. The number of ether oxygens (including phenoxy) is 1. The molecule has 28 heavy (non-hydrogen) atoms. The van der Waals surface area contributed by atoms with Crippen LogP contribution in [0, 0.1) is 13.8 Å². The van der Waals surface area contributed by atoms with Crippen LogP contribution in [0.3, 0.4) is 0 Å². The van der Waals surface area contributed by atoms with Crippen molar-refractivity contribution in [2.45, 2.75) is 39.8 Å². The lowest BCUT2D eigenvalue weighted by atomic mass is 10.1. The summed E-state index contributed by atoms with van der Waals surface area (Å²) in [4.78, 5) is 20.6. The van der Waals surface area contributed by atoms with Crippen LogP contribution in [0.25, 0.3) is 0 Å². The number of aromatic nitrogens is 3. The number of benzene rings is 1. The Morgan fingerprint density at radius 1 is 1.25 bits per heavy atom. The maximum Gasteiger partial charge on any atom is 0.273 e. The first-order chi connectivity index (χ1) is 13.4. The molecule has 1 atom stereocenters. The fraction of sp³-hybridized carbons (Fsp3) is 0.300. The molecule has 0 bridgehead atoms. The lowest BCUT2D eigenvalue weighted by Gasteiger charge is -2.11. The van der Waals surface area contributed by atoms with Crippen LogP contribution < -0.4 is 10.1 Å². The largest absolute Gasteiger partial charge is 0.486 e. The molecule has 0 fully saturated rings. The molecule has 1 amide bonds.